The first kappa shape index (κ1) is 10.0. The molecule has 1 aliphatic heterocycles. The van der Waals surface area contributed by atoms with Gasteiger partial charge in [-0.05, 0) is 43.0 Å². The predicted molar refractivity (Wildman–Crippen MR) is 60.8 cm³/mol. The minimum atomic E-state index is 0.630. The molecule has 1 aliphatic rings. The molecule has 0 aliphatic carbocycles. The molecule has 1 heterocycles. The SMILES string of the molecule is CC1CNCCC1c1ccccc1Cl. The molecule has 0 spiro atoms. The molecule has 1 N–H and O–H groups in total. The zero-order valence-electron chi connectivity index (χ0n) is 8.46. The van der Waals surface area contributed by atoms with Gasteiger partial charge in [0.1, 0.15) is 0 Å². The molecule has 2 atom stereocenters. The maximum Gasteiger partial charge on any atom is 0.0440 e. The van der Waals surface area contributed by atoms with Gasteiger partial charge in [-0.2, -0.15) is 0 Å². The maximum atomic E-state index is 6.20. The Bertz CT molecular complexity index is 311. The highest BCUT2D eigenvalue weighted by molar-refractivity contribution is 6.31. The lowest BCUT2D eigenvalue weighted by Gasteiger charge is -2.30. The summed E-state index contributed by atoms with van der Waals surface area (Å²) in [5, 5.41) is 4.33. The van der Waals surface area contributed by atoms with Gasteiger partial charge in [0, 0.05) is 5.02 Å². The normalized spacial score (nSPS) is 27.6. The second kappa shape index (κ2) is 4.33. The minimum Gasteiger partial charge on any atom is -0.316 e. The molecular formula is C12H16ClN. The molecule has 2 unspecified atom stereocenters. The zero-order chi connectivity index (χ0) is 9.97. The van der Waals surface area contributed by atoms with Gasteiger partial charge in [-0.3, -0.25) is 0 Å². The summed E-state index contributed by atoms with van der Waals surface area (Å²) in [4.78, 5) is 0. The molecule has 0 radical (unpaired) electrons. The van der Waals surface area contributed by atoms with Crippen molar-refractivity contribution in [2.24, 2.45) is 5.92 Å². The van der Waals surface area contributed by atoms with Crippen LogP contribution in [0.25, 0.3) is 0 Å². The first-order valence-corrected chi connectivity index (χ1v) is 5.62. The van der Waals surface area contributed by atoms with Crippen LogP contribution in [0.15, 0.2) is 24.3 Å². The lowest BCUT2D eigenvalue weighted by Crippen LogP contribution is -2.33. The van der Waals surface area contributed by atoms with E-state index in [4.69, 9.17) is 11.6 Å². The van der Waals surface area contributed by atoms with Gasteiger partial charge in [-0.15, -0.1) is 0 Å². The molecule has 1 saturated heterocycles. The van der Waals surface area contributed by atoms with Crippen molar-refractivity contribution in [3.05, 3.63) is 34.9 Å². The van der Waals surface area contributed by atoms with Crippen molar-refractivity contribution >= 4 is 11.6 Å². The molecule has 14 heavy (non-hydrogen) atoms. The van der Waals surface area contributed by atoms with Crippen LogP contribution >= 0.6 is 11.6 Å². The van der Waals surface area contributed by atoms with Gasteiger partial charge in [0.25, 0.3) is 0 Å². The standard InChI is InChI=1S/C12H16ClN/c1-9-8-14-7-6-10(9)11-4-2-3-5-12(11)13/h2-5,9-10,14H,6-8H2,1H3. The van der Waals surface area contributed by atoms with Crippen LogP contribution in [0.5, 0.6) is 0 Å². The molecule has 1 fully saturated rings. The summed E-state index contributed by atoms with van der Waals surface area (Å²) in [6, 6.07) is 8.23. The molecule has 2 rings (SSSR count). The Balaban J connectivity index is 2.25. The molecular weight excluding hydrogens is 194 g/mol. The van der Waals surface area contributed by atoms with Crippen molar-refractivity contribution in [2.75, 3.05) is 13.1 Å². The van der Waals surface area contributed by atoms with E-state index in [1.54, 1.807) is 0 Å². The first-order valence-electron chi connectivity index (χ1n) is 5.24. The highest BCUT2D eigenvalue weighted by Gasteiger charge is 2.23. The Labute approximate surface area is 90.5 Å². The van der Waals surface area contributed by atoms with Crippen molar-refractivity contribution in [1.82, 2.24) is 5.32 Å². The largest absolute Gasteiger partial charge is 0.316 e. The van der Waals surface area contributed by atoms with E-state index in [9.17, 15) is 0 Å². The van der Waals surface area contributed by atoms with E-state index in [-0.39, 0.29) is 0 Å². The molecule has 0 saturated carbocycles. The van der Waals surface area contributed by atoms with Crippen molar-refractivity contribution in [3.8, 4) is 0 Å². The number of nitrogens with one attached hydrogen (secondary N) is 1. The summed E-state index contributed by atoms with van der Waals surface area (Å²) in [5.74, 6) is 1.31. The fourth-order valence-electron chi connectivity index (χ4n) is 2.25. The molecule has 1 aromatic rings. The number of hydrogen-bond donors (Lipinski definition) is 1. The average molecular weight is 210 g/mol. The topological polar surface area (TPSA) is 12.0 Å². The third-order valence-corrected chi connectivity index (χ3v) is 3.43. The number of benzene rings is 1. The molecule has 0 bridgehead atoms. The second-order valence-corrected chi connectivity index (χ2v) is 4.51. The van der Waals surface area contributed by atoms with Crippen molar-refractivity contribution in [1.29, 1.82) is 0 Å². The summed E-state index contributed by atoms with van der Waals surface area (Å²) in [5.41, 5.74) is 1.32. The fourth-order valence-corrected chi connectivity index (χ4v) is 2.53. The Morgan fingerprint density at radius 1 is 1.36 bits per heavy atom. The number of hydrogen-bond acceptors (Lipinski definition) is 1. The fraction of sp³-hybridized carbons (Fsp3) is 0.500. The van der Waals surface area contributed by atoms with Crippen LogP contribution in [0, 0.1) is 5.92 Å². The molecule has 0 amide bonds. The summed E-state index contributed by atoms with van der Waals surface area (Å²) in [7, 11) is 0. The lowest BCUT2D eigenvalue weighted by atomic mass is 9.82. The third kappa shape index (κ3) is 1.94. The van der Waals surface area contributed by atoms with Crippen LogP contribution < -0.4 is 5.32 Å². The summed E-state index contributed by atoms with van der Waals surface area (Å²) in [6.45, 7) is 4.51. The molecule has 2 heteroatoms. The second-order valence-electron chi connectivity index (χ2n) is 4.10. The Hall–Kier alpha value is -0.530. The van der Waals surface area contributed by atoms with E-state index in [1.807, 2.05) is 12.1 Å². The van der Waals surface area contributed by atoms with Crippen LogP contribution in [-0.4, -0.2) is 13.1 Å². The Morgan fingerprint density at radius 3 is 2.86 bits per heavy atom. The maximum absolute atomic E-state index is 6.20. The molecule has 76 valence electrons. The van der Waals surface area contributed by atoms with E-state index < -0.39 is 0 Å². The summed E-state index contributed by atoms with van der Waals surface area (Å²) in [6.07, 6.45) is 1.20. The van der Waals surface area contributed by atoms with Gasteiger partial charge in [0.15, 0.2) is 0 Å². The number of piperidine rings is 1. The monoisotopic (exact) mass is 209 g/mol. The quantitative estimate of drug-likeness (QED) is 0.750. The first-order chi connectivity index (χ1) is 6.79. The van der Waals surface area contributed by atoms with E-state index in [0.29, 0.717) is 11.8 Å². The number of rotatable bonds is 1. The highest BCUT2D eigenvalue weighted by Crippen LogP contribution is 2.33. The minimum absolute atomic E-state index is 0.630. The van der Waals surface area contributed by atoms with E-state index in [0.717, 1.165) is 18.1 Å². The van der Waals surface area contributed by atoms with Gasteiger partial charge in [-0.25, -0.2) is 0 Å². The van der Waals surface area contributed by atoms with Crippen LogP contribution in [0.4, 0.5) is 0 Å². The predicted octanol–water partition coefficient (Wildman–Crippen LogP) is 3.05. The van der Waals surface area contributed by atoms with Crippen molar-refractivity contribution in [2.45, 2.75) is 19.3 Å². The average Bonchev–Trinajstić information content (AvgIpc) is 2.20. The van der Waals surface area contributed by atoms with Gasteiger partial charge in [0.05, 0.1) is 0 Å². The van der Waals surface area contributed by atoms with E-state index in [2.05, 4.69) is 24.4 Å². The third-order valence-electron chi connectivity index (χ3n) is 3.09. The van der Waals surface area contributed by atoms with Crippen molar-refractivity contribution < 1.29 is 0 Å². The summed E-state index contributed by atoms with van der Waals surface area (Å²) >= 11 is 6.20. The zero-order valence-corrected chi connectivity index (χ0v) is 9.22. The van der Waals surface area contributed by atoms with Gasteiger partial charge >= 0.3 is 0 Å². The van der Waals surface area contributed by atoms with Crippen LogP contribution in [0.3, 0.4) is 0 Å². The van der Waals surface area contributed by atoms with E-state index >= 15 is 0 Å². The molecule has 0 aromatic heterocycles. The van der Waals surface area contributed by atoms with Crippen LogP contribution in [-0.2, 0) is 0 Å². The van der Waals surface area contributed by atoms with Crippen LogP contribution in [0.1, 0.15) is 24.8 Å². The highest BCUT2D eigenvalue weighted by atomic mass is 35.5. The Morgan fingerprint density at radius 2 is 2.14 bits per heavy atom. The van der Waals surface area contributed by atoms with Gasteiger partial charge < -0.3 is 5.32 Å². The van der Waals surface area contributed by atoms with Gasteiger partial charge in [-0.1, -0.05) is 36.7 Å². The summed E-state index contributed by atoms with van der Waals surface area (Å²) < 4.78 is 0. The Kier molecular flexibility index (Phi) is 3.09. The molecule has 1 nitrogen and oxygen atoms in total. The molecule has 1 aromatic carbocycles. The smallest absolute Gasteiger partial charge is 0.0440 e. The van der Waals surface area contributed by atoms with E-state index in [1.165, 1.54) is 12.0 Å². The van der Waals surface area contributed by atoms with Crippen molar-refractivity contribution in [3.63, 3.8) is 0 Å². The van der Waals surface area contributed by atoms with Crippen LogP contribution in [0.2, 0.25) is 5.02 Å². The lowest BCUT2D eigenvalue weighted by molar-refractivity contribution is 0.349. The number of halogens is 1. The van der Waals surface area contributed by atoms with Gasteiger partial charge in [0.2, 0.25) is 0 Å².